The fraction of sp³-hybridized carbons (Fsp3) is 0.360. The molecule has 34 heavy (non-hydrogen) atoms. The molecule has 1 aromatic carbocycles. The van der Waals surface area contributed by atoms with Crippen molar-refractivity contribution in [3.63, 3.8) is 0 Å². The second-order valence-corrected chi connectivity index (χ2v) is 10.1. The van der Waals surface area contributed by atoms with Crippen molar-refractivity contribution in [3.05, 3.63) is 52.4 Å². The minimum absolute atomic E-state index is 0.0813. The van der Waals surface area contributed by atoms with Gasteiger partial charge in [0, 0.05) is 55.0 Å². The van der Waals surface area contributed by atoms with Gasteiger partial charge in [-0.05, 0) is 44.5 Å². The normalized spacial score (nSPS) is 15.2. The van der Waals surface area contributed by atoms with Crippen molar-refractivity contribution in [2.75, 3.05) is 36.4 Å². The van der Waals surface area contributed by atoms with Crippen LogP contribution in [-0.2, 0) is 4.79 Å². The lowest BCUT2D eigenvalue weighted by atomic mass is 10.0. The van der Waals surface area contributed by atoms with Crippen molar-refractivity contribution in [1.29, 1.82) is 0 Å². The Balaban J connectivity index is 1.55. The summed E-state index contributed by atoms with van der Waals surface area (Å²) < 4.78 is 14.3. The number of hydrogen-bond donors (Lipinski definition) is 1. The van der Waals surface area contributed by atoms with Crippen molar-refractivity contribution >= 4 is 50.0 Å². The molecule has 0 spiro atoms. The van der Waals surface area contributed by atoms with Gasteiger partial charge in [0.25, 0.3) is 0 Å². The summed E-state index contributed by atoms with van der Waals surface area (Å²) in [5.74, 6) is 1.41. The number of aryl methyl sites for hydroxylation is 2. The van der Waals surface area contributed by atoms with Crippen molar-refractivity contribution < 1.29 is 9.18 Å². The van der Waals surface area contributed by atoms with Gasteiger partial charge in [-0.25, -0.2) is 19.3 Å². The maximum atomic E-state index is 14.3. The Morgan fingerprint density at radius 2 is 1.88 bits per heavy atom. The number of thiophene rings is 1. The van der Waals surface area contributed by atoms with Crippen molar-refractivity contribution in [2.24, 2.45) is 0 Å². The van der Waals surface area contributed by atoms with Gasteiger partial charge in [0.15, 0.2) is 0 Å². The van der Waals surface area contributed by atoms with E-state index in [1.54, 1.807) is 31.5 Å². The zero-order chi connectivity index (χ0) is 24.0. The van der Waals surface area contributed by atoms with Crippen LogP contribution in [0.5, 0.6) is 0 Å². The van der Waals surface area contributed by atoms with Crippen LogP contribution in [0, 0.1) is 19.7 Å². The predicted octanol–water partition coefficient (Wildman–Crippen LogP) is 4.84. The molecule has 0 saturated carbocycles. The quantitative estimate of drug-likeness (QED) is 0.453. The Morgan fingerprint density at radius 3 is 2.62 bits per heavy atom. The van der Waals surface area contributed by atoms with Gasteiger partial charge in [0.2, 0.25) is 5.91 Å². The van der Waals surface area contributed by atoms with Gasteiger partial charge in [0.05, 0.1) is 16.9 Å². The summed E-state index contributed by atoms with van der Waals surface area (Å²) in [5.41, 5.74) is 2.23. The van der Waals surface area contributed by atoms with E-state index in [0.29, 0.717) is 37.3 Å². The summed E-state index contributed by atoms with van der Waals surface area (Å²) in [6.45, 7) is 10.1. The minimum atomic E-state index is -0.262. The van der Waals surface area contributed by atoms with Crippen LogP contribution in [0.1, 0.15) is 35.9 Å². The van der Waals surface area contributed by atoms with Crippen LogP contribution >= 0.6 is 11.3 Å². The van der Waals surface area contributed by atoms with Crippen molar-refractivity contribution in [2.45, 2.75) is 33.7 Å². The number of aromatic nitrogens is 3. The third-order valence-electron chi connectivity index (χ3n) is 6.40. The average Bonchev–Trinajstić information content (AvgIpc) is 3.20. The third-order valence-corrected chi connectivity index (χ3v) is 7.36. The van der Waals surface area contributed by atoms with Gasteiger partial charge < -0.3 is 15.1 Å². The first kappa shape index (κ1) is 22.5. The molecule has 3 aromatic heterocycles. The predicted molar refractivity (Wildman–Crippen MR) is 135 cm³/mol. The summed E-state index contributed by atoms with van der Waals surface area (Å²) >= 11 is 1.64. The van der Waals surface area contributed by atoms with Crippen LogP contribution in [0.2, 0.25) is 0 Å². The number of piperazine rings is 1. The van der Waals surface area contributed by atoms with Crippen molar-refractivity contribution in [3.8, 4) is 0 Å². The van der Waals surface area contributed by atoms with E-state index in [1.807, 2.05) is 11.0 Å². The number of pyridine rings is 1. The number of carbonyl (C=O) groups is 1. The number of benzene rings is 1. The monoisotopic (exact) mass is 478 g/mol. The molecule has 0 unspecified atom stereocenters. The van der Waals surface area contributed by atoms with E-state index >= 15 is 0 Å². The second kappa shape index (κ2) is 8.79. The van der Waals surface area contributed by atoms with Gasteiger partial charge in [0.1, 0.15) is 28.6 Å². The number of nitrogens with zero attached hydrogens (tertiary/aromatic N) is 5. The van der Waals surface area contributed by atoms with Crippen LogP contribution < -0.4 is 10.2 Å². The summed E-state index contributed by atoms with van der Waals surface area (Å²) in [6, 6.07) is 7.43. The molecule has 4 heterocycles. The summed E-state index contributed by atoms with van der Waals surface area (Å²) in [5, 5.41) is 5.46. The number of hydrogen-bond acceptors (Lipinski definition) is 7. The van der Waals surface area contributed by atoms with E-state index < -0.39 is 0 Å². The van der Waals surface area contributed by atoms with Crippen LogP contribution in [0.4, 0.5) is 16.0 Å². The summed E-state index contributed by atoms with van der Waals surface area (Å²) in [7, 11) is 0. The Morgan fingerprint density at radius 1 is 1.12 bits per heavy atom. The van der Waals surface area contributed by atoms with E-state index in [0.717, 1.165) is 32.8 Å². The zero-order valence-electron chi connectivity index (χ0n) is 19.7. The number of nitrogens with one attached hydrogen (secondary N) is 1. The van der Waals surface area contributed by atoms with E-state index in [9.17, 15) is 9.18 Å². The number of halogens is 1. The Kier molecular flexibility index (Phi) is 5.81. The van der Waals surface area contributed by atoms with Gasteiger partial charge in [-0.15, -0.1) is 11.3 Å². The molecule has 7 nitrogen and oxygen atoms in total. The van der Waals surface area contributed by atoms with E-state index in [2.05, 4.69) is 46.2 Å². The molecule has 1 saturated heterocycles. The second-order valence-electron chi connectivity index (χ2n) is 8.85. The topological polar surface area (TPSA) is 74.2 Å². The molecular weight excluding hydrogens is 451 g/mol. The molecule has 1 N–H and O–H groups in total. The fourth-order valence-electron chi connectivity index (χ4n) is 4.50. The lowest BCUT2D eigenvalue weighted by molar-refractivity contribution is -0.129. The van der Waals surface area contributed by atoms with Gasteiger partial charge in [-0.3, -0.25) is 4.79 Å². The van der Waals surface area contributed by atoms with Crippen molar-refractivity contribution in [1.82, 2.24) is 19.9 Å². The molecule has 4 aromatic rings. The van der Waals surface area contributed by atoms with E-state index in [-0.39, 0.29) is 17.8 Å². The molecule has 0 aliphatic carbocycles. The Labute approximate surface area is 201 Å². The Bertz CT molecular complexity index is 1400. The molecular formula is C25H27FN6OS. The highest BCUT2D eigenvalue weighted by Gasteiger charge is 2.25. The summed E-state index contributed by atoms with van der Waals surface area (Å²) in [4.78, 5) is 31.8. The van der Waals surface area contributed by atoms with E-state index in [4.69, 9.17) is 4.98 Å². The highest BCUT2D eigenvalue weighted by Crippen LogP contribution is 2.34. The maximum absolute atomic E-state index is 14.3. The number of rotatable bonds is 4. The van der Waals surface area contributed by atoms with Crippen LogP contribution in [0.25, 0.3) is 21.1 Å². The molecule has 176 valence electrons. The molecule has 1 aliphatic heterocycles. The fourth-order valence-corrected chi connectivity index (χ4v) is 5.34. The highest BCUT2D eigenvalue weighted by atomic mass is 32.1. The zero-order valence-corrected chi connectivity index (χ0v) is 20.5. The highest BCUT2D eigenvalue weighted by molar-refractivity contribution is 7.18. The van der Waals surface area contributed by atoms with Gasteiger partial charge >= 0.3 is 0 Å². The van der Waals surface area contributed by atoms with Crippen LogP contribution in [0.3, 0.4) is 0 Å². The number of anilines is 2. The largest absolute Gasteiger partial charge is 0.363 e. The number of amides is 1. The smallest absolute Gasteiger partial charge is 0.219 e. The molecule has 1 amide bonds. The SMILES string of the molecule is CC(=O)N1CCN(c2nc3cc(F)c(C)cc3cc2[C@H](C)Nc2ncnc3sc(C)cc23)CC1. The Hall–Kier alpha value is -3.33. The van der Waals surface area contributed by atoms with Gasteiger partial charge in [-0.2, -0.15) is 0 Å². The third kappa shape index (κ3) is 4.16. The lowest BCUT2D eigenvalue weighted by Gasteiger charge is -2.36. The standard InChI is InChI=1S/C25H27FN6OS/c1-14-9-18-11-19(16(3)29-23-20-10-15(2)34-25(20)28-13-27-23)24(30-22(18)12-21(14)26)32-7-5-31(6-8-32)17(4)33/h9-13,16H,5-8H2,1-4H3,(H,27,28,29)/t16-/m0/s1. The number of fused-ring (bicyclic) bond motifs is 2. The molecule has 5 rings (SSSR count). The first-order valence-corrected chi connectivity index (χ1v) is 12.2. The van der Waals surface area contributed by atoms with Crippen LogP contribution in [0.15, 0.2) is 30.6 Å². The lowest BCUT2D eigenvalue weighted by Crippen LogP contribution is -2.48. The first-order valence-electron chi connectivity index (χ1n) is 11.4. The molecule has 0 bridgehead atoms. The van der Waals surface area contributed by atoms with Crippen LogP contribution in [-0.4, -0.2) is 51.9 Å². The molecule has 1 atom stereocenters. The maximum Gasteiger partial charge on any atom is 0.219 e. The number of carbonyl (C=O) groups excluding carboxylic acids is 1. The molecule has 1 aliphatic rings. The molecule has 1 fully saturated rings. The average molecular weight is 479 g/mol. The summed E-state index contributed by atoms with van der Waals surface area (Å²) in [6.07, 6.45) is 1.58. The van der Waals surface area contributed by atoms with E-state index in [1.165, 1.54) is 10.9 Å². The minimum Gasteiger partial charge on any atom is -0.363 e. The first-order chi connectivity index (χ1) is 16.3. The van der Waals surface area contributed by atoms with Gasteiger partial charge in [-0.1, -0.05) is 0 Å². The molecule has 9 heteroatoms. The molecule has 0 radical (unpaired) electrons.